The molecule has 4 amide bonds. The summed E-state index contributed by atoms with van der Waals surface area (Å²) in [7, 11) is 0. The first-order valence-electron chi connectivity index (χ1n) is 9.76. The average Bonchev–Trinajstić information content (AvgIpc) is 3.37. The standard InChI is InChI=1S/C19H17FN6O4S/c20-11-2-1-10-14(15(11)24-5-7-25(8-6-24)19-23-21-9-31-19)18(30)26(17(10)29)12-3-4-13(27)22-16(12)28/h1-2,9,12H,3-8H2,(H,22,27,28). The van der Waals surface area contributed by atoms with Gasteiger partial charge in [0.2, 0.25) is 16.9 Å². The van der Waals surface area contributed by atoms with Crippen LogP contribution < -0.4 is 15.1 Å². The van der Waals surface area contributed by atoms with Crippen LogP contribution in [0.2, 0.25) is 0 Å². The lowest BCUT2D eigenvalue weighted by Crippen LogP contribution is -2.54. The lowest BCUT2D eigenvalue weighted by Gasteiger charge is -2.36. The lowest BCUT2D eigenvalue weighted by atomic mass is 10.0. The second-order valence-electron chi connectivity index (χ2n) is 7.46. The maximum atomic E-state index is 14.9. The van der Waals surface area contributed by atoms with Crippen LogP contribution in [0.15, 0.2) is 17.6 Å². The molecule has 31 heavy (non-hydrogen) atoms. The molecule has 0 saturated carbocycles. The molecule has 2 saturated heterocycles. The Labute approximate surface area is 179 Å². The van der Waals surface area contributed by atoms with Crippen LogP contribution in [0, 0.1) is 5.82 Å². The van der Waals surface area contributed by atoms with E-state index in [0.29, 0.717) is 26.2 Å². The minimum atomic E-state index is -1.09. The Balaban J connectivity index is 1.44. The molecule has 2 aromatic rings. The molecule has 1 unspecified atom stereocenters. The number of rotatable bonds is 3. The van der Waals surface area contributed by atoms with E-state index in [1.807, 2.05) is 4.90 Å². The molecule has 0 spiro atoms. The number of imide groups is 2. The Morgan fingerprint density at radius 1 is 1.03 bits per heavy atom. The summed E-state index contributed by atoms with van der Waals surface area (Å²) >= 11 is 1.41. The van der Waals surface area contributed by atoms with Crippen molar-refractivity contribution in [2.45, 2.75) is 18.9 Å². The van der Waals surface area contributed by atoms with Gasteiger partial charge in [0.05, 0.1) is 16.8 Å². The maximum Gasteiger partial charge on any atom is 0.264 e. The summed E-state index contributed by atoms with van der Waals surface area (Å²) in [5.74, 6) is -3.11. The van der Waals surface area contributed by atoms with Crippen molar-refractivity contribution in [1.82, 2.24) is 20.4 Å². The van der Waals surface area contributed by atoms with Crippen molar-refractivity contribution in [1.29, 1.82) is 0 Å². The second-order valence-corrected chi connectivity index (χ2v) is 8.27. The second kappa shape index (κ2) is 7.38. The van der Waals surface area contributed by atoms with E-state index in [-0.39, 0.29) is 29.7 Å². The predicted octanol–water partition coefficient (Wildman–Crippen LogP) is 0.405. The summed E-state index contributed by atoms with van der Waals surface area (Å²) in [5.41, 5.74) is 1.75. The van der Waals surface area contributed by atoms with Gasteiger partial charge in [-0.05, 0) is 18.6 Å². The number of carbonyl (C=O) groups excluding carboxylic acids is 4. The molecule has 5 rings (SSSR count). The quantitative estimate of drug-likeness (QED) is 0.677. The fourth-order valence-electron chi connectivity index (χ4n) is 4.25. The van der Waals surface area contributed by atoms with E-state index in [1.165, 1.54) is 23.5 Å². The Morgan fingerprint density at radius 2 is 1.77 bits per heavy atom. The highest BCUT2D eigenvalue weighted by Crippen LogP contribution is 2.36. The largest absolute Gasteiger partial charge is 0.365 e. The van der Waals surface area contributed by atoms with Gasteiger partial charge in [0, 0.05) is 32.6 Å². The zero-order chi connectivity index (χ0) is 21.7. The van der Waals surface area contributed by atoms with Crippen LogP contribution in [0.3, 0.4) is 0 Å². The Hall–Kier alpha value is -3.41. The summed E-state index contributed by atoms with van der Waals surface area (Å²) in [5, 5.41) is 10.8. The zero-order valence-corrected chi connectivity index (χ0v) is 17.0. The highest BCUT2D eigenvalue weighted by molar-refractivity contribution is 7.13. The van der Waals surface area contributed by atoms with E-state index in [1.54, 1.807) is 10.4 Å². The third-order valence-electron chi connectivity index (χ3n) is 5.75. The highest BCUT2D eigenvalue weighted by Gasteiger charge is 2.47. The van der Waals surface area contributed by atoms with Gasteiger partial charge in [-0.15, -0.1) is 10.2 Å². The first-order chi connectivity index (χ1) is 15.0. The van der Waals surface area contributed by atoms with Gasteiger partial charge >= 0.3 is 0 Å². The topological polar surface area (TPSA) is 116 Å². The minimum Gasteiger partial charge on any atom is -0.365 e. The van der Waals surface area contributed by atoms with Crippen molar-refractivity contribution in [3.05, 3.63) is 34.6 Å². The summed E-state index contributed by atoms with van der Waals surface area (Å²) < 4.78 is 14.9. The molecule has 0 aliphatic carbocycles. The molecule has 2 fully saturated rings. The number of aromatic nitrogens is 2. The predicted molar refractivity (Wildman–Crippen MR) is 107 cm³/mol. The molecule has 160 valence electrons. The van der Waals surface area contributed by atoms with Crippen LogP contribution in [0.1, 0.15) is 33.6 Å². The summed E-state index contributed by atoms with van der Waals surface area (Å²) in [6, 6.07) is 1.36. The number of nitrogens with one attached hydrogen (secondary N) is 1. The Morgan fingerprint density at radius 3 is 2.45 bits per heavy atom. The molecule has 10 nitrogen and oxygen atoms in total. The molecule has 1 atom stereocenters. The first-order valence-corrected chi connectivity index (χ1v) is 10.6. The van der Waals surface area contributed by atoms with E-state index in [4.69, 9.17) is 0 Å². The highest BCUT2D eigenvalue weighted by atomic mass is 32.1. The van der Waals surface area contributed by atoms with E-state index in [9.17, 15) is 23.6 Å². The van der Waals surface area contributed by atoms with Crippen LogP contribution in [-0.2, 0) is 9.59 Å². The average molecular weight is 444 g/mol. The lowest BCUT2D eigenvalue weighted by molar-refractivity contribution is -0.136. The third-order valence-corrected chi connectivity index (χ3v) is 6.50. The van der Waals surface area contributed by atoms with Crippen molar-refractivity contribution in [2.75, 3.05) is 36.0 Å². The van der Waals surface area contributed by atoms with Crippen molar-refractivity contribution >= 4 is 45.8 Å². The number of hydrogen-bond acceptors (Lipinski definition) is 9. The van der Waals surface area contributed by atoms with Crippen LogP contribution in [0.5, 0.6) is 0 Å². The summed E-state index contributed by atoms with van der Waals surface area (Å²) in [4.78, 5) is 54.5. The number of amides is 4. The van der Waals surface area contributed by atoms with Crippen LogP contribution >= 0.6 is 11.3 Å². The van der Waals surface area contributed by atoms with Gasteiger partial charge in [-0.2, -0.15) is 0 Å². The molecule has 3 aliphatic heterocycles. The van der Waals surface area contributed by atoms with Gasteiger partial charge in [-0.3, -0.25) is 29.4 Å². The number of nitrogens with zero attached hydrogens (tertiary/aromatic N) is 5. The smallest absolute Gasteiger partial charge is 0.264 e. The Bertz CT molecular complexity index is 1100. The van der Waals surface area contributed by atoms with Gasteiger partial charge in [-0.25, -0.2) is 4.39 Å². The zero-order valence-electron chi connectivity index (χ0n) is 16.2. The number of piperazine rings is 1. The molecule has 1 aromatic heterocycles. The van der Waals surface area contributed by atoms with Crippen LogP contribution in [0.4, 0.5) is 15.2 Å². The molecule has 0 bridgehead atoms. The fraction of sp³-hybridized carbons (Fsp3) is 0.368. The van der Waals surface area contributed by atoms with Gasteiger partial charge < -0.3 is 9.80 Å². The summed E-state index contributed by atoms with van der Waals surface area (Å²) in [6.45, 7) is 1.95. The summed E-state index contributed by atoms with van der Waals surface area (Å²) in [6.07, 6.45) is 0.0765. The van der Waals surface area contributed by atoms with Gasteiger partial charge in [0.1, 0.15) is 17.4 Å². The van der Waals surface area contributed by atoms with E-state index >= 15 is 0 Å². The molecular formula is C19H17FN6O4S. The molecule has 1 N–H and O–H groups in total. The fourth-order valence-corrected chi connectivity index (χ4v) is 4.86. The van der Waals surface area contributed by atoms with Crippen LogP contribution in [0.25, 0.3) is 0 Å². The van der Waals surface area contributed by atoms with Crippen molar-refractivity contribution < 1.29 is 23.6 Å². The number of fused-ring (bicyclic) bond motifs is 1. The number of piperidine rings is 1. The van der Waals surface area contributed by atoms with E-state index < -0.39 is 35.5 Å². The Kier molecular flexibility index (Phi) is 4.65. The molecule has 1 aromatic carbocycles. The first kappa shape index (κ1) is 19.5. The number of hydrogen-bond donors (Lipinski definition) is 1. The number of benzene rings is 1. The minimum absolute atomic E-state index is 0.0264. The molecule has 4 heterocycles. The van der Waals surface area contributed by atoms with Crippen LogP contribution in [-0.4, -0.2) is 70.9 Å². The number of halogens is 1. The molecule has 12 heteroatoms. The molecule has 0 radical (unpaired) electrons. The molecule has 3 aliphatic rings. The SMILES string of the molecule is O=C1CCC(N2C(=O)c3ccc(F)c(N4CCN(c5nncs5)CC4)c3C2=O)C(=O)N1. The van der Waals surface area contributed by atoms with Gasteiger partial charge in [-0.1, -0.05) is 11.3 Å². The molecular weight excluding hydrogens is 427 g/mol. The third kappa shape index (κ3) is 3.14. The van der Waals surface area contributed by atoms with Crippen molar-refractivity contribution in [3.63, 3.8) is 0 Å². The maximum absolute atomic E-state index is 14.9. The van der Waals surface area contributed by atoms with Gasteiger partial charge in [0.15, 0.2) is 0 Å². The normalized spacial score (nSPS) is 21.6. The monoisotopic (exact) mass is 444 g/mol. The van der Waals surface area contributed by atoms with Gasteiger partial charge in [0.25, 0.3) is 11.8 Å². The number of carbonyl (C=O) groups is 4. The number of anilines is 2. The van der Waals surface area contributed by atoms with E-state index in [2.05, 4.69) is 15.5 Å². The van der Waals surface area contributed by atoms with E-state index in [0.717, 1.165) is 10.0 Å². The van der Waals surface area contributed by atoms with Crippen molar-refractivity contribution in [2.24, 2.45) is 0 Å². The van der Waals surface area contributed by atoms with Crippen molar-refractivity contribution in [3.8, 4) is 0 Å².